The second-order valence-electron chi connectivity index (χ2n) is 7.36. The van der Waals surface area contributed by atoms with Crippen molar-refractivity contribution in [1.82, 2.24) is 15.7 Å². The molecule has 1 aromatic carbocycles. The fourth-order valence-electron chi connectivity index (χ4n) is 3.41. The Balaban J connectivity index is 2.15. The van der Waals surface area contributed by atoms with Gasteiger partial charge in [-0.15, -0.1) is 0 Å². The molecule has 1 fully saturated rings. The first-order valence-electron chi connectivity index (χ1n) is 9.45. The number of hydrogen-bond donors (Lipinski definition) is 4. The van der Waals surface area contributed by atoms with E-state index in [1.165, 1.54) is 26.5 Å². The molecule has 2 rings (SSSR count). The minimum atomic E-state index is -1.93. The summed E-state index contributed by atoms with van der Waals surface area (Å²) in [7, 11) is 2.66. The Labute approximate surface area is 170 Å². The Morgan fingerprint density at radius 2 is 1.86 bits per heavy atom. The van der Waals surface area contributed by atoms with Crippen molar-refractivity contribution < 1.29 is 24.7 Å². The molecule has 1 aliphatic rings. The number of carbonyl (C=O) groups is 3. The molecule has 3 unspecified atom stereocenters. The zero-order valence-corrected chi connectivity index (χ0v) is 16.9. The van der Waals surface area contributed by atoms with Gasteiger partial charge in [0.05, 0.1) is 0 Å². The van der Waals surface area contributed by atoms with Crippen molar-refractivity contribution in [3.8, 4) is 11.8 Å². The van der Waals surface area contributed by atoms with Crippen molar-refractivity contribution in [1.29, 1.82) is 0 Å². The van der Waals surface area contributed by atoms with Gasteiger partial charge in [0.1, 0.15) is 0 Å². The van der Waals surface area contributed by atoms with Gasteiger partial charge in [0.25, 0.3) is 17.7 Å². The van der Waals surface area contributed by atoms with Crippen LogP contribution < -0.4 is 10.8 Å². The van der Waals surface area contributed by atoms with Gasteiger partial charge in [-0.1, -0.05) is 11.8 Å². The van der Waals surface area contributed by atoms with Gasteiger partial charge >= 0.3 is 0 Å². The monoisotopic (exact) mass is 401 g/mol. The van der Waals surface area contributed by atoms with Crippen LogP contribution in [0.3, 0.4) is 0 Å². The fourth-order valence-corrected chi connectivity index (χ4v) is 3.41. The van der Waals surface area contributed by atoms with E-state index in [2.05, 4.69) is 17.2 Å². The highest BCUT2D eigenvalue weighted by molar-refractivity contribution is 6.12. The number of amides is 3. The fraction of sp³-hybridized carbons (Fsp3) is 0.476. The van der Waals surface area contributed by atoms with Crippen LogP contribution in [0.5, 0.6) is 0 Å². The van der Waals surface area contributed by atoms with Crippen LogP contribution >= 0.6 is 0 Å². The number of rotatable bonds is 5. The third-order valence-corrected chi connectivity index (χ3v) is 5.54. The van der Waals surface area contributed by atoms with Gasteiger partial charge in [-0.05, 0) is 56.4 Å². The maximum Gasteiger partial charge on any atom is 0.278 e. The van der Waals surface area contributed by atoms with Crippen LogP contribution in [-0.4, -0.2) is 59.2 Å². The summed E-state index contributed by atoms with van der Waals surface area (Å²) >= 11 is 0. The van der Waals surface area contributed by atoms with Crippen molar-refractivity contribution in [2.45, 2.75) is 31.7 Å². The number of aliphatic hydroxyl groups is 1. The highest BCUT2D eigenvalue weighted by Gasteiger charge is 2.47. The average Bonchev–Trinajstić information content (AvgIpc) is 3.23. The molecule has 156 valence electrons. The summed E-state index contributed by atoms with van der Waals surface area (Å²) in [4.78, 5) is 38.1. The molecule has 3 atom stereocenters. The van der Waals surface area contributed by atoms with E-state index in [0.717, 1.165) is 29.7 Å². The SMILES string of the molecule is CNC(=O)C(C)(C(=O)NO)N(C)C(=O)c1ccc(C#CC2CCC(CO)C2)cc1. The molecule has 0 radical (unpaired) electrons. The van der Waals surface area contributed by atoms with Crippen LogP contribution in [0.25, 0.3) is 0 Å². The summed E-state index contributed by atoms with van der Waals surface area (Å²) in [6.07, 6.45) is 2.86. The first-order chi connectivity index (χ1) is 13.8. The van der Waals surface area contributed by atoms with E-state index < -0.39 is 23.3 Å². The Kier molecular flexibility index (Phi) is 7.37. The Hall–Kier alpha value is -2.89. The number of aliphatic hydroxyl groups excluding tert-OH is 1. The Morgan fingerprint density at radius 1 is 1.21 bits per heavy atom. The zero-order chi connectivity index (χ0) is 21.6. The number of benzene rings is 1. The normalized spacial score (nSPS) is 20.0. The lowest BCUT2D eigenvalue weighted by Gasteiger charge is -2.34. The second kappa shape index (κ2) is 9.54. The molecule has 1 aliphatic carbocycles. The molecule has 0 aromatic heterocycles. The van der Waals surface area contributed by atoms with Gasteiger partial charge in [-0.2, -0.15) is 0 Å². The number of hydrogen-bond acceptors (Lipinski definition) is 5. The molecular weight excluding hydrogens is 374 g/mol. The van der Waals surface area contributed by atoms with Crippen LogP contribution in [0, 0.1) is 23.7 Å². The summed E-state index contributed by atoms with van der Waals surface area (Å²) in [5, 5.41) is 20.5. The second-order valence-corrected chi connectivity index (χ2v) is 7.36. The molecule has 29 heavy (non-hydrogen) atoms. The average molecular weight is 401 g/mol. The molecule has 0 bridgehead atoms. The van der Waals surface area contributed by atoms with Gasteiger partial charge in [0, 0.05) is 37.7 Å². The number of nitrogens with zero attached hydrogens (tertiary/aromatic N) is 1. The molecule has 0 saturated heterocycles. The van der Waals surface area contributed by atoms with E-state index in [1.54, 1.807) is 24.3 Å². The van der Waals surface area contributed by atoms with Crippen LogP contribution in [0.15, 0.2) is 24.3 Å². The summed E-state index contributed by atoms with van der Waals surface area (Å²) in [6.45, 7) is 1.45. The quantitative estimate of drug-likeness (QED) is 0.248. The molecule has 0 heterocycles. The molecule has 8 nitrogen and oxygen atoms in total. The van der Waals surface area contributed by atoms with E-state index >= 15 is 0 Å². The summed E-state index contributed by atoms with van der Waals surface area (Å²) in [5.41, 5.74) is 0.541. The molecule has 3 amide bonds. The smallest absolute Gasteiger partial charge is 0.278 e. The van der Waals surface area contributed by atoms with Gasteiger partial charge in [0.15, 0.2) is 5.54 Å². The van der Waals surface area contributed by atoms with E-state index in [1.807, 2.05) is 0 Å². The molecule has 0 aliphatic heterocycles. The van der Waals surface area contributed by atoms with Gasteiger partial charge in [-0.25, -0.2) is 5.48 Å². The Bertz CT molecular complexity index is 809. The third kappa shape index (κ3) is 4.75. The predicted octanol–water partition coefficient (Wildman–Crippen LogP) is 0.529. The summed E-state index contributed by atoms with van der Waals surface area (Å²) < 4.78 is 0. The minimum absolute atomic E-state index is 0.200. The van der Waals surface area contributed by atoms with Crippen molar-refractivity contribution in [3.05, 3.63) is 35.4 Å². The first-order valence-corrected chi connectivity index (χ1v) is 9.45. The maximum atomic E-state index is 12.8. The van der Waals surface area contributed by atoms with Crippen molar-refractivity contribution in [2.75, 3.05) is 20.7 Å². The molecule has 4 N–H and O–H groups in total. The number of carbonyl (C=O) groups excluding carboxylic acids is 3. The van der Waals surface area contributed by atoms with E-state index in [-0.39, 0.29) is 18.1 Å². The van der Waals surface area contributed by atoms with Crippen LogP contribution in [0.4, 0.5) is 0 Å². The summed E-state index contributed by atoms with van der Waals surface area (Å²) in [6, 6.07) is 6.57. The number of nitrogens with one attached hydrogen (secondary N) is 2. The molecule has 0 spiro atoms. The van der Waals surface area contributed by atoms with Crippen molar-refractivity contribution in [3.63, 3.8) is 0 Å². The minimum Gasteiger partial charge on any atom is -0.396 e. The lowest BCUT2D eigenvalue weighted by molar-refractivity contribution is -0.148. The van der Waals surface area contributed by atoms with Gasteiger partial charge in [-0.3, -0.25) is 19.6 Å². The predicted molar refractivity (Wildman–Crippen MR) is 106 cm³/mol. The summed E-state index contributed by atoms with van der Waals surface area (Å²) in [5.74, 6) is 4.59. The largest absolute Gasteiger partial charge is 0.396 e. The van der Waals surface area contributed by atoms with Crippen molar-refractivity contribution in [2.24, 2.45) is 11.8 Å². The molecular formula is C21H27N3O5. The van der Waals surface area contributed by atoms with E-state index in [4.69, 9.17) is 5.21 Å². The van der Waals surface area contributed by atoms with E-state index in [0.29, 0.717) is 5.92 Å². The van der Waals surface area contributed by atoms with Crippen molar-refractivity contribution >= 4 is 17.7 Å². The van der Waals surface area contributed by atoms with Crippen LogP contribution in [-0.2, 0) is 9.59 Å². The highest BCUT2D eigenvalue weighted by atomic mass is 16.5. The molecule has 1 saturated carbocycles. The lowest BCUT2D eigenvalue weighted by Crippen LogP contribution is -2.64. The highest BCUT2D eigenvalue weighted by Crippen LogP contribution is 2.29. The lowest BCUT2D eigenvalue weighted by atomic mass is 9.96. The molecule has 1 aromatic rings. The zero-order valence-electron chi connectivity index (χ0n) is 16.9. The van der Waals surface area contributed by atoms with Gasteiger partial charge in [0.2, 0.25) is 0 Å². The van der Waals surface area contributed by atoms with Gasteiger partial charge < -0.3 is 15.3 Å². The maximum absolute atomic E-state index is 12.8. The Morgan fingerprint density at radius 3 is 2.38 bits per heavy atom. The van der Waals surface area contributed by atoms with Crippen LogP contribution in [0.2, 0.25) is 0 Å². The number of likely N-dealkylation sites (N-methyl/N-ethyl adjacent to an activating group) is 2. The van der Waals surface area contributed by atoms with E-state index in [9.17, 15) is 19.5 Å². The number of hydroxylamine groups is 1. The first kappa shape index (κ1) is 22.4. The van der Waals surface area contributed by atoms with Crippen LogP contribution in [0.1, 0.15) is 42.1 Å². The standard InChI is InChI=1S/C21H27N3O5/c1-21(19(27)22-2,20(28)23-29)24(3)18(26)17-10-8-14(9-11-17)4-5-15-6-7-16(12-15)13-25/h8-11,15-16,25,29H,6-7,12-13H2,1-3H3,(H,22,27)(H,23,28). The third-order valence-electron chi connectivity index (χ3n) is 5.54. The topological polar surface area (TPSA) is 119 Å². The molecule has 8 heteroatoms.